The summed E-state index contributed by atoms with van der Waals surface area (Å²) in [6.07, 6.45) is -2.84. The molecule has 0 spiro atoms. The third-order valence-electron chi connectivity index (χ3n) is 6.18. The quantitative estimate of drug-likeness (QED) is 0.414. The summed E-state index contributed by atoms with van der Waals surface area (Å²) in [5, 5.41) is 0. The van der Waals surface area contributed by atoms with Gasteiger partial charge in [0.2, 0.25) is 5.91 Å². The smallest absolute Gasteiger partial charge is 0.226 e. The molecule has 7 heteroatoms. The number of hydrogen-bond acceptors (Lipinski definition) is 6. The van der Waals surface area contributed by atoms with Crippen molar-refractivity contribution >= 4 is 5.91 Å². The van der Waals surface area contributed by atoms with E-state index < -0.39 is 36.4 Å². The summed E-state index contributed by atoms with van der Waals surface area (Å²) < 4.78 is 30.3. The Labute approximate surface area is 212 Å². The van der Waals surface area contributed by atoms with E-state index in [-0.39, 0.29) is 19.8 Å². The van der Waals surface area contributed by atoms with E-state index in [1.807, 2.05) is 91.0 Å². The number of benzene rings is 3. The summed E-state index contributed by atoms with van der Waals surface area (Å²) in [4.78, 5) is 12.8. The van der Waals surface area contributed by atoms with Crippen molar-refractivity contribution < 1.29 is 28.5 Å². The Morgan fingerprint density at radius 3 is 1.69 bits per heavy atom. The SMILES string of the molecule is CO[C@H]1OC(COCc2ccccc2)[C@H](OCc2ccccc2)[C@H](C(N)=O)C1OCc1ccccc1. The van der Waals surface area contributed by atoms with Crippen LogP contribution in [-0.2, 0) is 48.3 Å². The van der Waals surface area contributed by atoms with Gasteiger partial charge >= 0.3 is 0 Å². The van der Waals surface area contributed by atoms with Crippen LogP contribution in [0.15, 0.2) is 91.0 Å². The van der Waals surface area contributed by atoms with Crippen LogP contribution in [0.1, 0.15) is 16.7 Å². The number of carbonyl (C=O) groups is 1. The molecule has 1 aliphatic heterocycles. The molecular weight excluding hydrogens is 458 g/mol. The predicted molar refractivity (Wildman–Crippen MR) is 134 cm³/mol. The lowest BCUT2D eigenvalue weighted by molar-refractivity contribution is -0.299. The summed E-state index contributed by atoms with van der Waals surface area (Å²) in [5.74, 6) is -1.34. The fraction of sp³-hybridized carbons (Fsp3) is 0.345. The first-order valence-electron chi connectivity index (χ1n) is 12.1. The van der Waals surface area contributed by atoms with E-state index in [1.165, 1.54) is 7.11 Å². The van der Waals surface area contributed by atoms with E-state index in [1.54, 1.807) is 0 Å². The number of nitrogens with two attached hydrogens (primary N) is 1. The zero-order valence-corrected chi connectivity index (χ0v) is 20.4. The van der Waals surface area contributed by atoms with Crippen molar-refractivity contribution in [2.75, 3.05) is 13.7 Å². The number of amides is 1. The van der Waals surface area contributed by atoms with Gasteiger partial charge in [-0.05, 0) is 16.7 Å². The second-order valence-electron chi connectivity index (χ2n) is 8.73. The second-order valence-corrected chi connectivity index (χ2v) is 8.73. The number of carbonyl (C=O) groups excluding carboxylic acids is 1. The molecule has 5 atom stereocenters. The molecule has 0 aliphatic carbocycles. The maximum atomic E-state index is 12.8. The van der Waals surface area contributed by atoms with Gasteiger partial charge in [0, 0.05) is 7.11 Å². The van der Waals surface area contributed by atoms with Gasteiger partial charge < -0.3 is 29.4 Å². The lowest BCUT2D eigenvalue weighted by Crippen LogP contribution is -2.61. The summed E-state index contributed by atoms with van der Waals surface area (Å²) >= 11 is 0. The van der Waals surface area contributed by atoms with Crippen molar-refractivity contribution in [1.29, 1.82) is 0 Å². The minimum Gasteiger partial charge on any atom is -0.374 e. The first-order chi connectivity index (χ1) is 17.7. The monoisotopic (exact) mass is 491 g/mol. The molecule has 0 radical (unpaired) electrons. The summed E-state index contributed by atoms with van der Waals surface area (Å²) in [6.45, 7) is 1.16. The highest BCUT2D eigenvalue weighted by atomic mass is 16.7. The maximum Gasteiger partial charge on any atom is 0.226 e. The van der Waals surface area contributed by atoms with Gasteiger partial charge in [0.1, 0.15) is 18.3 Å². The first kappa shape index (κ1) is 26.0. The van der Waals surface area contributed by atoms with E-state index in [0.717, 1.165) is 16.7 Å². The van der Waals surface area contributed by atoms with Gasteiger partial charge in [-0.2, -0.15) is 0 Å². The van der Waals surface area contributed by atoms with E-state index >= 15 is 0 Å². The highest BCUT2D eigenvalue weighted by Crippen LogP contribution is 2.33. The standard InChI is InChI=1S/C29H33NO6/c1-32-29-27(35-19-23-15-9-4-10-16-23)25(28(30)31)26(34-18-22-13-7-3-8-14-22)24(36-29)20-33-17-21-11-5-2-6-12-21/h2-16,24-27,29H,17-20H2,1H3,(H2,30,31)/t24?,25-,26-,27?,29-/m0/s1. The van der Waals surface area contributed by atoms with Crippen LogP contribution >= 0.6 is 0 Å². The van der Waals surface area contributed by atoms with Crippen LogP contribution in [0.2, 0.25) is 0 Å². The molecule has 2 N–H and O–H groups in total. The first-order valence-corrected chi connectivity index (χ1v) is 12.1. The van der Waals surface area contributed by atoms with Crippen LogP contribution < -0.4 is 5.73 Å². The maximum absolute atomic E-state index is 12.8. The number of rotatable bonds is 12. The van der Waals surface area contributed by atoms with Crippen LogP contribution in [-0.4, -0.2) is 44.2 Å². The van der Waals surface area contributed by atoms with E-state index in [4.69, 9.17) is 29.4 Å². The molecule has 1 aliphatic rings. The normalized spacial score (nSPS) is 23.9. The third-order valence-corrected chi connectivity index (χ3v) is 6.18. The summed E-state index contributed by atoms with van der Waals surface area (Å²) in [7, 11) is 1.52. The molecule has 1 heterocycles. The van der Waals surface area contributed by atoms with E-state index in [2.05, 4.69) is 0 Å². The number of ether oxygens (including phenoxy) is 5. The molecule has 0 bridgehead atoms. The molecule has 1 saturated heterocycles. The van der Waals surface area contributed by atoms with Crippen molar-refractivity contribution in [3.05, 3.63) is 108 Å². The van der Waals surface area contributed by atoms with Crippen LogP contribution in [0, 0.1) is 5.92 Å². The molecule has 2 unspecified atom stereocenters. The predicted octanol–water partition coefficient (Wildman–Crippen LogP) is 3.85. The van der Waals surface area contributed by atoms with Gasteiger partial charge in [-0.15, -0.1) is 0 Å². The Balaban J connectivity index is 1.52. The number of methoxy groups -OCH3 is 1. The third kappa shape index (κ3) is 7.00. The highest BCUT2D eigenvalue weighted by molar-refractivity contribution is 5.78. The zero-order chi connectivity index (χ0) is 25.2. The molecular formula is C29H33NO6. The lowest BCUT2D eigenvalue weighted by atomic mass is 9.87. The van der Waals surface area contributed by atoms with Crippen molar-refractivity contribution in [1.82, 2.24) is 0 Å². The molecule has 3 aromatic carbocycles. The van der Waals surface area contributed by atoms with Crippen molar-refractivity contribution in [3.8, 4) is 0 Å². The minimum atomic E-state index is -0.812. The average molecular weight is 492 g/mol. The number of primary amides is 1. The van der Waals surface area contributed by atoms with Gasteiger partial charge in [-0.1, -0.05) is 91.0 Å². The fourth-order valence-corrected chi connectivity index (χ4v) is 4.36. The van der Waals surface area contributed by atoms with Crippen LogP contribution in [0.4, 0.5) is 0 Å². The molecule has 4 rings (SSSR count). The van der Waals surface area contributed by atoms with Crippen LogP contribution in [0.25, 0.3) is 0 Å². The molecule has 0 aromatic heterocycles. The van der Waals surface area contributed by atoms with Crippen molar-refractivity contribution in [2.24, 2.45) is 11.7 Å². The Bertz CT molecular complexity index is 1050. The topological polar surface area (TPSA) is 89.2 Å². The van der Waals surface area contributed by atoms with Crippen LogP contribution in [0.5, 0.6) is 0 Å². The van der Waals surface area contributed by atoms with E-state index in [9.17, 15) is 4.79 Å². The average Bonchev–Trinajstić information content (AvgIpc) is 2.92. The fourth-order valence-electron chi connectivity index (χ4n) is 4.36. The zero-order valence-electron chi connectivity index (χ0n) is 20.4. The molecule has 190 valence electrons. The molecule has 7 nitrogen and oxygen atoms in total. The molecule has 3 aromatic rings. The Hall–Kier alpha value is -3.07. The summed E-state index contributed by atoms with van der Waals surface area (Å²) in [6, 6.07) is 29.3. The lowest BCUT2D eigenvalue weighted by Gasteiger charge is -2.44. The van der Waals surface area contributed by atoms with E-state index in [0.29, 0.717) is 6.61 Å². The minimum absolute atomic E-state index is 0.198. The largest absolute Gasteiger partial charge is 0.374 e. The van der Waals surface area contributed by atoms with Crippen LogP contribution in [0.3, 0.4) is 0 Å². The van der Waals surface area contributed by atoms with Crippen molar-refractivity contribution in [2.45, 2.75) is 44.4 Å². The molecule has 36 heavy (non-hydrogen) atoms. The second kappa shape index (κ2) is 13.3. The molecule has 0 saturated carbocycles. The highest BCUT2D eigenvalue weighted by Gasteiger charge is 2.50. The molecule has 1 amide bonds. The van der Waals surface area contributed by atoms with Gasteiger partial charge in [0.25, 0.3) is 0 Å². The Kier molecular flexibility index (Phi) is 9.61. The van der Waals surface area contributed by atoms with Crippen molar-refractivity contribution in [3.63, 3.8) is 0 Å². The summed E-state index contributed by atoms with van der Waals surface area (Å²) in [5.41, 5.74) is 8.91. The van der Waals surface area contributed by atoms with Gasteiger partial charge in [0.05, 0.1) is 32.3 Å². The van der Waals surface area contributed by atoms with Gasteiger partial charge in [0.15, 0.2) is 6.29 Å². The van der Waals surface area contributed by atoms with Gasteiger partial charge in [-0.3, -0.25) is 4.79 Å². The van der Waals surface area contributed by atoms with Gasteiger partial charge in [-0.25, -0.2) is 0 Å². The Morgan fingerprint density at radius 1 is 0.750 bits per heavy atom. The molecule has 1 fully saturated rings. The Morgan fingerprint density at radius 2 is 1.22 bits per heavy atom. The number of hydrogen-bond donors (Lipinski definition) is 1.